The van der Waals surface area contributed by atoms with Crippen molar-refractivity contribution in [2.24, 2.45) is 0 Å². The van der Waals surface area contributed by atoms with Gasteiger partial charge in [0.25, 0.3) is 5.91 Å². The molecule has 0 atom stereocenters. The van der Waals surface area contributed by atoms with Gasteiger partial charge in [-0.15, -0.1) is 0 Å². The summed E-state index contributed by atoms with van der Waals surface area (Å²) in [6, 6.07) is 27.0. The molecule has 3 aromatic carbocycles. The molecule has 1 fully saturated rings. The number of para-hydroxylation sites is 1. The second kappa shape index (κ2) is 9.47. The number of hydrogen-bond acceptors (Lipinski definition) is 3. The molecule has 0 aromatic heterocycles. The van der Waals surface area contributed by atoms with Gasteiger partial charge in [-0.25, -0.2) is 0 Å². The maximum absolute atomic E-state index is 13.5. The molecule has 5 nitrogen and oxygen atoms in total. The smallest absolute Gasteiger partial charge is 0.257 e. The molecule has 4 rings (SSSR count). The van der Waals surface area contributed by atoms with Crippen LogP contribution >= 0.6 is 0 Å². The van der Waals surface area contributed by atoms with Gasteiger partial charge in [0.2, 0.25) is 5.91 Å². The molecule has 1 aliphatic rings. The highest BCUT2D eigenvalue weighted by Crippen LogP contribution is 2.28. The van der Waals surface area contributed by atoms with Gasteiger partial charge < -0.3 is 14.5 Å². The maximum atomic E-state index is 13.5. The van der Waals surface area contributed by atoms with E-state index >= 15 is 0 Å². The zero-order chi connectivity index (χ0) is 21.6. The van der Waals surface area contributed by atoms with Crippen LogP contribution in [0.25, 0.3) is 0 Å². The van der Waals surface area contributed by atoms with E-state index in [0.29, 0.717) is 37.5 Å². The van der Waals surface area contributed by atoms with Gasteiger partial charge in [-0.2, -0.15) is 0 Å². The van der Waals surface area contributed by atoms with E-state index in [1.807, 2.05) is 77.7 Å². The molecule has 0 unspecified atom stereocenters. The molecule has 158 valence electrons. The topological polar surface area (TPSA) is 49.9 Å². The first-order chi connectivity index (χ1) is 15.2. The molecule has 5 heteroatoms. The molecular weight excluding hydrogens is 388 g/mol. The summed E-state index contributed by atoms with van der Waals surface area (Å²) in [5.41, 5.74) is 2.51. The molecule has 0 bridgehead atoms. The maximum Gasteiger partial charge on any atom is 0.257 e. The van der Waals surface area contributed by atoms with E-state index in [9.17, 15) is 9.59 Å². The number of ether oxygens (including phenoxy) is 1. The second-order valence-electron chi connectivity index (χ2n) is 7.57. The fourth-order valence-electron chi connectivity index (χ4n) is 4.07. The molecule has 1 aliphatic heterocycles. The summed E-state index contributed by atoms with van der Waals surface area (Å²) in [6.45, 7) is 2.02. The second-order valence-corrected chi connectivity index (χ2v) is 7.57. The van der Waals surface area contributed by atoms with Crippen LogP contribution in [-0.2, 0) is 4.79 Å². The van der Waals surface area contributed by atoms with E-state index in [1.54, 1.807) is 24.1 Å². The van der Waals surface area contributed by atoms with Crippen molar-refractivity contribution >= 4 is 11.8 Å². The summed E-state index contributed by atoms with van der Waals surface area (Å²) in [6.07, 6.45) is 0. The SMILES string of the molecule is COc1ccccc1C(=O)N1CCN(C(=O)C(c2ccccc2)c2ccccc2)CC1. The molecule has 2 amide bonds. The number of benzene rings is 3. The summed E-state index contributed by atoms with van der Waals surface area (Å²) < 4.78 is 5.33. The normalized spacial score (nSPS) is 13.9. The van der Waals surface area contributed by atoms with Crippen LogP contribution in [0.15, 0.2) is 84.9 Å². The van der Waals surface area contributed by atoms with Gasteiger partial charge in [0.15, 0.2) is 0 Å². The van der Waals surface area contributed by atoms with Crippen molar-refractivity contribution in [3.05, 3.63) is 102 Å². The highest BCUT2D eigenvalue weighted by molar-refractivity contribution is 5.97. The van der Waals surface area contributed by atoms with Crippen LogP contribution in [0.3, 0.4) is 0 Å². The molecule has 31 heavy (non-hydrogen) atoms. The van der Waals surface area contributed by atoms with Gasteiger partial charge >= 0.3 is 0 Å². The van der Waals surface area contributed by atoms with Crippen LogP contribution in [0.2, 0.25) is 0 Å². The highest BCUT2D eigenvalue weighted by atomic mass is 16.5. The van der Waals surface area contributed by atoms with Gasteiger partial charge in [-0.3, -0.25) is 9.59 Å². The van der Waals surface area contributed by atoms with Crippen molar-refractivity contribution in [3.8, 4) is 5.75 Å². The predicted molar refractivity (Wildman–Crippen MR) is 120 cm³/mol. The summed E-state index contributed by atoms with van der Waals surface area (Å²) in [5.74, 6) is 0.229. The minimum absolute atomic E-state index is 0.0628. The largest absolute Gasteiger partial charge is 0.496 e. The average molecular weight is 415 g/mol. The van der Waals surface area contributed by atoms with E-state index in [4.69, 9.17) is 4.74 Å². The molecule has 1 heterocycles. The van der Waals surface area contributed by atoms with Gasteiger partial charge in [-0.05, 0) is 23.3 Å². The number of amides is 2. The minimum atomic E-state index is -0.348. The zero-order valence-corrected chi connectivity index (χ0v) is 17.6. The molecule has 0 saturated carbocycles. The van der Waals surface area contributed by atoms with Gasteiger partial charge in [-0.1, -0.05) is 72.8 Å². The molecule has 3 aromatic rings. The third-order valence-corrected chi connectivity index (χ3v) is 5.73. The number of hydrogen-bond donors (Lipinski definition) is 0. The third-order valence-electron chi connectivity index (χ3n) is 5.73. The lowest BCUT2D eigenvalue weighted by atomic mass is 9.90. The Hall–Kier alpha value is -3.60. The van der Waals surface area contributed by atoms with E-state index in [2.05, 4.69) is 0 Å². The zero-order valence-electron chi connectivity index (χ0n) is 17.6. The average Bonchev–Trinajstić information content (AvgIpc) is 2.85. The molecule has 0 N–H and O–H groups in total. The standard InChI is InChI=1S/C26H26N2O3/c1-31-23-15-9-8-14-22(23)25(29)27-16-18-28(19-17-27)26(30)24(20-10-4-2-5-11-20)21-12-6-3-7-13-21/h2-15,24H,16-19H2,1H3. The summed E-state index contributed by atoms with van der Waals surface area (Å²) in [5, 5.41) is 0. The van der Waals surface area contributed by atoms with Gasteiger partial charge in [0.1, 0.15) is 5.75 Å². The lowest BCUT2D eigenvalue weighted by Gasteiger charge is -2.36. The molecular formula is C26H26N2O3. The van der Waals surface area contributed by atoms with Crippen LogP contribution in [0.5, 0.6) is 5.75 Å². The lowest BCUT2D eigenvalue weighted by molar-refractivity contribution is -0.133. The summed E-state index contributed by atoms with van der Waals surface area (Å²) in [4.78, 5) is 30.2. The predicted octanol–water partition coefficient (Wildman–Crippen LogP) is 3.81. The van der Waals surface area contributed by atoms with Crippen LogP contribution in [0.4, 0.5) is 0 Å². The van der Waals surface area contributed by atoms with Crippen LogP contribution in [0.1, 0.15) is 27.4 Å². The number of carbonyl (C=O) groups is 2. The van der Waals surface area contributed by atoms with Crippen molar-refractivity contribution in [3.63, 3.8) is 0 Å². The fourth-order valence-corrected chi connectivity index (χ4v) is 4.07. The van der Waals surface area contributed by atoms with Gasteiger partial charge in [0.05, 0.1) is 18.6 Å². The number of carbonyl (C=O) groups excluding carboxylic acids is 2. The van der Waals surface area contributed by atoms with Crippen LogP contribution in [0, 0.1) is 0 Å². The van der Waals surface area contributed by atoms with Gasteiger partial charge in [0, 0.05) is 26.2 Å². The van der Waals surface area contributed by atoms with E-state index < -0.39 is 0 Å². The monoisotopic (exact) mass is 414 g/mol. The first-order valence-corrected chi connectivity index (χ1v) is 10.5. The Bertz CT molecular complexity index is 989. The Morgan fingerprint density at radius 3 is 1.74 bits per heavy atom. The van der Waals surface area contributed by atoms with E-state index in [-0.39, 0.29) is 17.7 Å². The van der Waals surface area contributed by atoms with Crippen molar-refractivity contribution in [2.45, 2.75) is 5.92 Å². The Labute approximate surface area is 182 Å². The third kappa shape index (κ3) is 4.45. The van der Waals surface area contributed by atoms with E-state index in [0.717, 1.165) is 11.1 Å². The Morgan fingerprint density at radius 1 is 0.710 bits per heavy atom. The molecule has 0 aliphatic carbocycles. The summed E-state index contributed by atoms with van der Waals surface area (Å²) in [7, 11) is 1.57. The van der Waals surface area contributed by atoms with Crippen molar-refractivity contribution in [2.75, 3.05) is 33.3 Å². The Kier molecular flexibility index (Phi) is 6.32. The number of piperazine rings is 1. The molecule has 0 radical (unpaired) electrons. The Morgan fingerprint density at radius 2 is 1.19 bits per heavy atom. The number of rotatable bonds is 5. The number of nitrogens with zero attached hydrogens (tertiary/aromatic N) is 2. The summed E-state index contributed by atoms with van der Waals surface area (Å²) >= 11 is 0. The van der Waals surface area contributed by atoms with Crippen molar-refractivity contribution in [1.29, 1.82) is 0 Å². The fraction of sp³-hybridized carbons (Fsp3) is 0.231. The first-order valence-electron chi connectivity index (χ1n) is 10.5. The van der Waals surface area contributed by atoms with Crippen molar-refractivity contribution < 1.29 is 14.3 Å². The quantitative estimate of drug-likeness (QED) is 0.638. The molecule has 0 spiro atoms. The lowest BCUT2D eigenvalue weighted by Crippen LogP contribution is -2.51. The highest BCUT2D eigenvalue weighted by Gasteiger charge is 2.31. The number of methoxy groups -OCH3 is 1. The van der Waals surface area contributed by atoms with Crippen molar-refractivity contribution in [1.82, 2.24) is 9.80 Å². The molecule has 1 saturated heterocycles. The minimum Gasteiger partial charge on any atom is -0.496 e. The van der Waals surface area contributed by atoms with Crippen LogP contribution < -0.4 is 4.74 Å². The Balaban J connectivity index is 1.49. The van der Waals surface area contributed by atoms with E-state index in [1.165, 1.54) is 0 Å². The van der Waals surface area contributed by atoms with Crippen LogP contribution in [-0.4, -0.2) is 54.9 Å². The first kappa shape index (κ1) is 20.7.